The fraction of sp³-hybridized carbons (Fsp3) is 0.933. The summed E-state index contributed by atoms with van der Waals surface area (Å²) in [6.07, 6.45) is 3.23. The second-order valence-corrected chi connectivity index (χ2v) is 6.43. The number of rotatable bonds is 4. The van der Waals surface area contributed by atoms with Crippen molar-refractivity contribution in [1.82, 2.24) is 0 Å². The van der Waals surface area contributed by atoms with E-state index >= 15 is 0 Å². The Morgan fingerprint density at radius 2 is 2.06 bits per heavy atom. The maximum absolute atomic E-state index is 11.0. The van der Waals surface area contributed by atoms with Gasteiger partial charge in [-0.15, -0.1) is 0 Å². The van der Waals surface area contributed by atoms with Crippen LogP contribution in [0, 0.1) is 23.7 Å². The van der Waals surface area contributed by atoms with Crippen molar-refractivity contribution in [3.05, 3.63) is 0 Å². The zero-order chi connectivity index (χ0) is 13.3. The van der Waals surface area contributed by atoms with Gasteiger partial charge in [0.1, 0.15) is 5.78 Å². The Hall–Kier alpha value is -0.410. The van der Waals surface area contributed by atoms with Crippen LogP contribution >= 0.6 is 0 Å². The lowest BCUT2D eigenvalue weighted by atomic mass is 9.68. The molecule has 5 unspecified atom stereocenters. The van der Waals surface area contributed by atoms with Crippen molar-refractivity contribution in [2.24, 2.45) is 23.7 Å². The van der Waals surface area contributed by atoms with Crippen LogP contribution in [0.4, 0.5) is 0 Å². The summed E-state index contributed by atoms with van der Waals surface area (Å²) in [5.74, 6) is 2.35. The minimum atomic E-state index is -0.343. The fourth-order valence-corrected chi connectivity index (χ4v) is 3.72. The maximum Gasteiger partial charge on any atom is 0.129 e. The highest BCUT2D eigenvalue weighted by Gasteiger charge is 2.43. The molecule has 3 nitrogen and oxygen atoms in total. The van der Waals surface area contributed by atoms with Gasteiger partial charge in [0.15, 0.2) is 0 Å². The predicted octanol–water partition coefficient (Wildman–Crippen LogP) is 2.41. The molecule has 1 N–H and O–H groups in total. The quantitative estimate of drug-likeness (QED) is 0.838. The van der Waals surface area contributed by atoms with Crippen molar-refractivity contribution in [2.75, 3.05) is 6.61 Å². The van der Waals surface area contributed by atoms with Gasteiger partial charge in [0.05, 0.1) is 12.2 Å². The zero-order valence-corrected chi connectivity index (χ0v) is 11.8. The van der Waals surface area contributed by atoms with Gasteiger partial charge < -0.3 is 14.6 Å². The first-order chi connectivity index (χ1) is 8.49. The first kappa shape index (κ1) is 14.0. The lowest BCUT2D eigenvalue weighted by molar-refractivity contribution is -0.118. The molecule has 1 saturated carbocycles. The van der Waals surface area contributed by atoms with Crippen LogP contribution in [0.1, 0.15) is 46.5 Å². The second kappa shape index (κ2) is 5.70. The molecule has 3 heteroatoms. The van der Waals surface area contributed by atoms with E-state index in [0.29, 0.717) is 42.6 Å². The van der Waals surface area contributed by atoms with Gasteiger partial charge in [0, 0.05) is 13.0 Å². The van der Waals surface area contributed by atoms with Crippen LogP contribution < -0.4 is 0 Å². The highest BCUT2D eigenvalue weighted by atomic mass is 16.5. The Bertz CT molecular complexity index is 302. The summed E-state index contributed by atoms with van der Waals surface area (Å²) in [5, 5.41) is 10.3. The number of hydrogen-bond donors (Lipinski definition) is 1. The number of aliphatic hydroxyl groups is 1. The summed E-state index contributed by atoms with van der Waals surface area (Å²) < 4.78 is 5.85. The first-order valence-electron chi connectivity index (χ1n) is 7.28. The summed E-state index contributed by atoms with van der Waals surface area (Å²) in [7, 11) is 0. The first-order valence-corrected chi connectivity index (χ1v) is 7.28. The molecule has 0 spiro atoms. The highest BCUT2D eigenvalue weighted by molar-refractivity contribution is 5.75. The second-order valence-electron chi connectivity index (χ2n) is 6.43. The van der Waals surface area contributed by atoms with Crippen molar-refractivity contribution in [1.29, 1.82) is 0 Å². The number of ketones is 1. The topological polar surface area (TPSA) is 46.5 Å². The smallest absolute Gasteiger partial charge is 0.129 e. The zero-order valence-electron chi connectivity index (χ0n) is 11.8. The van der Waals surface area contributed by atoms with E-state index in [0.717, 1.165) is 19.4 Å². The lowest BCUT2D eigenvalue weighted by Crippen LogP contribution is -2.39. The highest BCUT2D eigenvalue weighted by Crippen LogP contribution is 2.44. The van der Waals surface area contributed by atoms with Crippen LogP contribution in [0.3, 0.4) is 0 Å². The van der Waals surface area contributed by atoms with E-state index in [1.807, 2.05) is 0 Å². The molecule has 6 atom stereocenters. The van der Waals surface area contributed by atoms with Gasteiger partial charge in [-0.25, -0.2) is 0 Å². The van der Waals surface area contributed by atoms with Gasteiger partial charge in [-0.1, -0.05) is 13.8 Å². The lowest BCUT2D eigenvalue weighted by Gasteiger charge is -2.39. The molecule has 0 aromatic heterocycles. The summed E-state index contributed by atoms with van der Waals surface area (Å²) in [6.45, 7) is 6.97. The van der Waals surface area contributed by atoms with Crippen LogP contribution in [0.25, 0.3) is 0 Å². The Morgan fingerprint density at radius 1 is 1.33 bits per heavy atom. The Balaban J connectivity index is 1.91. The number of hydrogen-bond acceptors (Lipinski definition) is 3. The molecule has 18 heavy (non-hydrogen) atoms. The van der Waals surface area contributed by atoms with Crippen molar-refractivity contribution < 1.29 is 14.6 Å². The molecule has 2 aliphatic rings. The average Bonchev–Trinajstić information content (AvgIpc) is 2.67. The van der Waals surface area contributed by atoms with E-state index in [2.05, 4.69) is 13.8 Å². The van der Waals surface area contributed by atoms with Crippen molar-refractivity contribution in [3.8, 4) is 0 Å². The molecule has 0 bridgehead atoms. The van der Waals surface area contributed by atoms with Crippen molar-refractivity contribution in [2.45, 2.75) is 58.7 Å². The average molecular weight is 254 g/mol. The van der Waals surface area contributed by atoms with Gasteiger partial charge >= 0.3 is 0 Å². The van der Waals surface area contributed by atoms with Crippen LogP contribution in [0.2, 0.25) is 0 Å². The molecule has 0 aromatic carbocycles. The summed E-state index contributed by atoms with van der Waals surface area (Å²) in [5.41, 5.74) is 0. The Morgan fingerprint density at radius 3 is 2.72 bits per heavy atom. The molecular weight excluding hydrogens is 228 g/mol. The summed E-state index contributed by atoms with van der Waals surface area (Å²) in [6, 6.07) is 0. The number of carbonyl (C=O) groups is 1. The standard InChI is InChI=1S/C15H26O3/c1-9-6-13-10(2)8-18-15(13)7-12(9)14(17)5-4-11(3)16/h9-10,12-15,17H,4-8H2,1-3H3/t9?,10?,12?,13?,14-,15?/m0/s1. The summed E-state index contributed by atoms with van der Waals surface area (Å²) in [4.78, 5) is 11.0. The third-order valence-corrected chi connectivity index (χ3v) is 4.95. The van der Waals surface area contributed by atoms with E-state index in [1.165, 1.54) is 0 Å². The molecule has 0 aromatic rings. The molecule has 1 saturated heterocycles. The molecule has 2 rings (SSSR count). The number of Topliss-reactive ketones (excluding diaryl/α,β-unsaturated/α-hetero) is 1. The van der Waals surface area contributed by atoms with Gasteiger partial charge in [-0.3, -0.25) is 0 Å². The van der Waals surface area contributed by atoms with E-state index < -0.39 is 0 Å². The minimum absolute atomic E-state index is 0.168. The molecule has 104 valence electrons. The van der Waals surface area contributed by atoms with Crippen LogP contribution in [-0.2, 0) is 9.53 Å². The van der Waals surface area contributed by atoms with Gasteiger partial charge in [-0.05, 0) is 49.9 Å². The monoisotopic (exact) mass is 254 g/mol. The van der Waals surface area contributed by atoms with E-state index in [9.17, 15) is 9.90 Å². The number of ether oxygens (including phenoxy) is 1. The molecule has 2 fully saturated rings. The predicted molar refractivity (Wildman–Crippen MR) is 70.2 cm³/mol. The van der Waals surface area contributed by atoms with Crippen LogP contribution in [0.15, 0.2) is 0 Å². The summed E-state index contributed by atoms with van der Waals surface area (Å²) >= 11 is 0. The molecule has 0 amide bonds. The molecule has 1 aliphatic heterocycles. The van der Waals surface area contributed by atoms with Gasteiger partial charge in [0.2, 0.25) is 0 Å². The van der Waals surface area contributed by atoms with Crippen molar-refractivity contribution >= 4 is 5.78 Å². The number of carbonyl (C=O) groups excluding carboxylic acids is 1. The van der Waals surface area contributed by atoms with E-state index in [1.54, 1.807) is 6.92 Å². The van der Waals surface area contributed by atoms with Crippen molar-refractivity contribution in [3.63, 3.8) is 0 Å². The third-order valence-electron chi connectivity index (χ3n) is 4.95. The largest absolute Gasteiger partial charge is 0.393 e. The van der Waals surface area contributed by atoms with Crippen LogP contribution in [-0.4, -0.2) is 29.7 Å². The molecular formula is C15H26O3. The van der Waals surface area contributed by atoms with E-state index in [4.69, 9.17) is 4.74 Å². The van der Waals surface area contributed by atoms with E-state index in [-0.39, 0.29) is 11.9 Å². The van der Waals surface area contributed by atoms with Crippen LogP contribution in [0.5, 0.6) is 0 Å². The van der Waals surface area contributed by atoms with Gasteiger partial charge in [0.25, 0.3) is 0 Å². The molecule has 1 aliphatic carbocycles. The number of aliphatic hydroxyl groups excluding tert-OH is 1. The normalized spacial score (nSPS) is 41.4. The molecule has 0 radical (unpaired) electrons. The number of fused-ring (bicyclic) bond motifs is 1. The Kier molecular flexibility index (Phi) is 4.44. The fourth-order valence-electron chi connectivity index (χ4n) is 3.72. The Labute approximate surface area is 110 Å². The van der Waals surface area contributed by atoms with Gasteiger partial charge in [-0.2, -0.15) is 0 Å². The maximum atomic E-state index is 11.0. The SMILES string of the molecule is CC(=O)CC[C@H](O)C1CC2OCC(C)C2CC1C. The minimum Gasteiger partial charge on any atom is -0.393 e. The molecule has 1 heterocycles. The third kappa shape index (κ3) is 2.94.